The number of hydrogen-bond donors (Lipinski definition) is 0. The highest BCUT2D eigenvalue weighted by molar-refractivity contribution is 6.30. The molecular weight excluding hydrogens is 316 g/mol. The second-order valence-electron chi connectivity index (χ2n) is 4.78. The Morgan fingerprint density at radius 3 is 2.39 bits per heavy atom. The summed E-state index contributed by atoms with van der Waals surface area (Å²) in [6.07, 6.45) is 0.329. The van der Waals surface area contributed by atoms with E-state index in [2.05, 4.69) is 10.1 Å². The molecule has 6 heteroatoms. The molecular formula is C17H13ClN2O3. The van der Waals surface area contributed by atoms with Gasteiger partial charge in [0, 0.05) is 22.6 Å². The molecule has 0 aliphatic carbocycles. The second kappa shape index (κ2) is 6.62. The summed E-state index contributed by atoms with van der Waals surface area (Å²) < 4.78 is 10.4. The van der Waals surface area contributed by atoms with Crippen LogP contribution < -0.4 is 4.74 Å². The molecule has 5 nitrogen and oxygen atoms in total. The largest absolute Gasteiger partial charge is 0.427 e. The highest BCUT2D eigenvalue weighted by atomic mass is 35.5. The zero-order chi connectivity index (χ0) is 16.2. The molecule has 3 rings (SSSR count). The third kappa shape index (κ3) is 3.57. The van der Waals surface area contributed by atoms with Crippen molar-refractivity contribution in [1.29, 1.82) is 0 Å². The topological polar surface area (TPSA) is 65.2 Å². The molecule has 23 heavy (non-hydrogen) atoms. The summed E-state index contributed by atoms with van der Waals surface area (Å²) in [5.74, 6) is 1.08. The van der Waals surface area contributed by atoms with E-state index in [-0.39, 0.29) is 5.97 Å². The number of nitrogens with zero attached hydrogens (tertiary/aromatic N) is 2. The molecule has 0 radical (unpaired) electrons. The quantitative estimate of drug-likeness (QED) is 0.525. The standard InChI is InChI=1S/C17H13ClN2O3/c1-2-15(21)22-14-9-5-12(6-10-14)17-19-16(20-23-17)11-3-7-13(18)8-4-11/h3-10H,2H2,1H3. The first-order chi connectivity index (χ1) is 11.2. The van der Waals surface area contributed by atoms with E-state index in [0.717, 1.165) is 11.1 Å². The summed E-state index contributed by atoms with van der Waals surface area (Å²) >= 11 is 5.86. The van der Waals surface area contributed by atoms with E-state index in [4.69, 9.17) is 20.9 Å². The number of hydrogen-bond acceptors (Lipinski definition) is 5. The number of benzene rings is 2. The summed E-state index contributed by atoms with van der Waals surface area (Å²) in [4.78, 5) is 15.6. The number of esters is 1. The zero-order valence-electron chi connectivity index (χ0n) is 12.3. The summed E-state index contributed by atoms with van der Waals surface area (Å²) in [6, 6.07) is 14.1. The lowest BCUT2D eigenvalue weighted by molar-refractivity contribution is -0.134. The van der Waals surface area contributed by atoms with Crippen LogP contribution in [0.3, 0.4) is 0 Å². The minimum Gasteiger partial charge on any atom is -0.427 e. The summed E-state index contributed by atoms with van der Waals surface area (Å²) in [7, 11) is 0. The molecule has 0 saturated carbocycles. The van der Waals surface area contributed by atoms with Gasteiger partial charge in [0.25, 0.3) is 5.89 Å². The van der Waals surface area contributed by atoms with Crippen LogP contribution in [-0.4, -0.2) is 16.1 Å². The fourth-order valence-electron chi connectivity index (χ4n) is 1.93. The van der Waals surface area contributed by atoms with Crippen molar-refractivity contribution in [3.05, 3.63) is 53.6 Å². The van der Waals surface area contributed by atoms with Crippen molar-refractivity contribution < 1.29 is 14.1 Å². The lowest BCUT2D eigenvalue weighted by Gasteiger charge is -2.02. The molecule has 0 saturated heterocycles. The van der Waals surface area contributed by atoms with Crippen molar-refractivity contribution in [1.82, 2.24) is 10.1 Å². The van der Waals surface area contributed by atoms with Crippen LogP contribution in [0.25, 0.3) is 22.8 Å². The molecule has 0 aliphatic heterocycles. The van der Waals surface area contributed by atoms with Crippen LogP contribution in [0.1, 0.15) is 13.3 Å². The van der Waals surface area contributed by atoms with Crippen molar-refractivity contribution in [3.63, 3.8) is 0 Å². The van der Waals surface area contributed by atoms with Gasteiger partial charge in [-0.2, -0.15) is 4.98 Å². The minimum absolute atomic E-state index is 0.277. The highest BCUT2D eigenvalue weighted by Crippen LogP contribution is 2.25. The van der Waals surface area contributed by atoms with Crippen molar-refractivity contribution in [3.8, 4) is 28.6 Å². The minimum atomic E-state index is -0.277. The van der Waals surface area contributed by atoms with Gasteiger partial charge in [0.1, 0.15) is 5.75 Å². The molecule has 3 aromatic rings. The Labute approximate surface area is 137 Å². The van der Waals surface area contributed by atoms with Gasteiger partial charge in [-0.05, 0) is 48.5 Å². The Morgan fingerprint density at radius 1 is 1.09 bits per heavy atom. The monoisotopic (exact) mass is 328 g/mol. The van der Waals surface area contributed by atoms with Crippen LogP contribution in [0.15, 0.2) is 53.1 Å². The average Bonchev–Trinajstić information content (AvgIpc) is 3.06. The van der Waals surface area contributed by atoms with Gasteiger partial charge in [-0.1, -0.05) is 23.7 Å². The number of rotatable bonds is 4. The van der Waals surface area contributed by atoms with Gasteiger partial charge in [0.2, 0.25) is 5.82 Å². The number of aromatic nitrogens is 2. The van der Waals surface area contributed by atoms with Crippen LogP contribution in [0.2, 0.25) is 5.02 Å². The SMILES string of the molecule is CCC(=O)Oc1ccc(-c2nc(-c3ccc(Cl)cc3)no2)cc1. The van der Waals surface area contributed by atoms with Crippen molar-refractivity contribution in [2.75, 3.05) is 0 Å². The Bertz CT molecular complexity index is 811. The van der Waals surface area contributed by atoms with E-state index in [0.29, 0.717) is 28.9 Å². The normalized spacial score (nSPS) is 10.5. The maximum Gasteiger partial charge on any atom is 0.310 e. The Kier molecular flexibility index (Phi) is 4.39. The first-order valence-corrected chi connectivity index (χ1v) is 7.44. The van der Waals surface area contributed by atoms with Crippen LogP contribution >= 0.6 is 11.6 Å². The lowest BCUT2D eigenvalue weighted by Crippen LogP contribution is -2.05. The van der Waals surface area contributed by atoms with Gasteiger partial charge in [0.15, 0.2) is 0 Å². The van der Waals surface area contributed by atoms with Gasteiger partial charge in [-0.15, -0.1) is 0 Å². The molecule has 0 bridgehead atoms. The number of ether oxygens (including phenoxy) is 1. The Hall–Kier alpha value is -2.66. The second-order valence-corrected chi connectivity index (χ2v) is 5.22. The van der Waals surface area contributed by atoms with Gasteiger partial charge in [0.05, 0.1) is 0 Å². The molecule has 0 spiro atoms. The first kappa shape index (κ1) is 15.2. The Morgan fingerprint density at radius 2 is 1.74 bits per heavy atom. The van der Waals surface area contributed by atoms with E-state index in [9.17, 15) is 4.79 Å². The number of carbonyl (C=O) groups excluding carboxylic acids is 1. The third-order valence-corrected chi connectivity index (χ3v) is 3.40. The van der Waals surface area contributed by atoms with Crippen LogP contribution in [0.5, 0.6) is 5.75 Å². The van der Waals surface area contributed by atoms with Crippen molar-refractivity contribution in [2.24, 2.45) is 0 Å². The molecule has 0 amide bonds. The Balaban J connectivity index is 1.80. The predicted octanol–water partition coefficient (Wildman–Crippen LogP) is 4.37. The number of carbonyl (C=O) groups is 1. The average molecular weight is 329 g/mol. The van der Waals surface area contributed by atoms with Gasteiger partial charge >= 0.3 is 5.97 Å². The summed E-state index contributed by atoms with van der Waals surface area (Å²) in [5.41, 5.74) is 1.56. The van der Waals surface area contributed by atoms with E-state index in [1.54, 1.807) is 43.3 Å². The van der Waals surface area contributed by atoms with E-state index in [1.807, 2.05) is 12.1 Å². The molecule has 2 aromatic carbocycles. The fourth-order valence-corrected chi connectivity index (χ4v) is 2.05. The van der Waals surface area contributed by atoms with E-state index >= 15 is 0 Å². The van der Waals surface area contributed by atoms with Crippen molar-refractivity contribution in [2.45, 2.75) is 13.3 Å². The summed E-state index contributed by atoms with van der Waals surface area (Å²) in [5, 5.41) is 4.61. The fraction of sp³-hybridized carbons (Fsp3) is 0.118. The molecule has 0 aliphatic rings. The maximum atomic E-state index is 11.2. The van der Waals surface area contributed by atoms with E-state index < -0.39 is 0 Å². The molecule has 0 N–H and O–H groups in total. The van der Waals surface area contributed by atoms with Crippen LogP contribution in [0.4, 0.5) is 0 Å². The molecule has 0 atom stereocenters. The number of halogens is 1. The van der Waals surface area contributed by atoms with Crippen LogP contribution in [0, 0.1) is 0 Å². The smallest absolute Gasteiger partial charge is 0.310 e. The summed E-state index contributed by atoms with van der Waals surface area (Å²) in [6.45, 7) is 1.74. The van der Waals surface area contributed by atoms with Gasteiger partial charge in [-0.3, -0.25) is 4.79 Å². The zero-order valence-corrected chi connectivity index (χ0v) is 13.1. The van der Waals surface area contributed by atoms with E-state index in [1.165, 1.54) is 0 Å². The third-order valence-electron chi connectivity index (χ3n) is 3.15. The maximum absolute atomic E-state index is 11.2. The van der Waals surface area contributed by atoms with Crippen LogP contribution in [-0.2, 0) is 4.79 Å². The lowest BCUT2D eigenvalue weighted by atomic mass is 10.2. The molecule has 1 aromatic heterocycles. The highest BCUT2D eigenvalue weighted by Gasteiger charge is 2.11. The van der Waals surface area contributed by atoms with Gasteiger partial charge < -0.3 is 9.26 Å². The predicted molar refractivity (Wildman–Crippen MR) is 86.1 cm³/mol. The van der Waals surface area contributed by atoms with Crippen molar-refractivity contribution >= 4 is 17.6 Å². The molecule has 116 valence electrons. The van der Waals surface area contributed by atoms with Gasteiger partial charge in [-0.25, -0.2) is 0 Å². The molecule has 0 fully saturated rings. The molecule has 1 heterocycles. The molecule has 0 unspecified atom stereocenters. The first-order valence-electron chi connectivity index (χ1n) is 7.06.